The first kappa shape index (κ1) is 6.03. The SMILES string of the molecule is CCC=COC#N. The molecule has 0 aromatic rings. The van der Waals surface area contributed by atoms with E-state index in [1.54, 1.807) is 6.08 Å². The number of rotatable bonds is 2. The lowest BCUT2D eigenvalue weighted by molar-refractivity contribution is 0.427. The quantitative estimate of drug-likeness (QED) is 0.385. The van der Waals surface area contributed by atoms with Crippen LogP contribution in [0.5, 0.6) is 0 Å². The van der Waals surface area contributed by atoms with Crippen molar-refractivity contribution in [2.45, 2.75) is 13.3 Å². The van der Waals surface area contributed by atoms with Gasteiger partial charge in [-0.2, -0.15) is 0 Å². The molecule has 7 heavy (non-hydrogen) atoms. The minimum absolute atomic E-state index is 0.904. The summed E-state index contributed by atoms with van der Waals surface area (Å²) < 4.78 is 4.20. The molecule has 0 aromatic carbocycles. The first-order valence-corrected chi connectivity index (χ1v) is 2.11. The lowest BCUT2D eigenvalue weighted by atomic mass is 10.5. The average Bonchev–Trinajstić information content (AvgIpc) is 1.69. The molecule has 0 radical (unpaired) electrons. The van der Waals surface area contributed by atoms with Crippen molar-refractivity contribution in [3.63, 3.8) is 0 Å². The molecule has 2 heteroatoms. The fourth-order valence-corrected chi connectivity index (χ4v) is 0.175. The second kappa shape index (κ2) is 5.03. The molecule has 0 saturated carbocycles. The molecule has 0 amide bonds. The summed E-state index contributed by atoms with van der Waals surface area (Å²) in [5.41, 5.74) is 0. The maximum Gasteiger partial charge on any atom is 0.291 e. The molecule has 0 unspecified atom stereocenters. The molecule has 0 aliphatic heterocycles. The topological polar surface area (TPSA) is 33.0 Å². The highest BCUT2D eigenvalue weighted by atomic mass is 16.5. The van der Waals surface area contributed by atoms with Gasteiger partial charge in [0.05, 0.1) is 0 Å². The van der Waals surface area contributed by atoms with Crippen molar-refractivity contribution in [3.05, 3.63) is 12.3 Å². The Morgan fingerprint density at radius 2 is 2.57 bits per heavy atom. The average molecular weight is 97.1 g/mol. The van der Waals surface area contributed by atoms with Crippen LogP contribution in [0.4, 0.5) is 0 Å². The Hall–Kier alpha value is -0.970. The van der Waals surface area contributed by atoms with Gasteiger partial charge >= 0.3 is 0 Å². The lowest BCUT2D eigenvalue weighted by Gasteiger charge is -1.75. The van der Waals surface area contributed by atoms with Crippen LogP contribution in [0.25, 0.3) is 0 Å². The third-order valence-corrected chi connectivity index (χ3v) is 0.453. The van der Waals surface area contributed by atoms with Gasteiger partial charge in [-0.3, -0.25) is 0 Å². The van der Waals surface area contributed by atoms with E-state index in [0.29, 0.717) is 0 Å². The Labute approximate surface area is 43.0 Å². The summed E-state index contributed by atoms with van der Waals surface area (Å²) in [6.07, 6.45) is 5.56. The van der Waals surface area contributed by atoms with Gasteiger partial charge in [0.2, 0.25) is 0 Å². The highest BCUT2D eigenvalue weighted by Crippen LogP contribution is 1.78. The van der Waals surface area contributed by atoms with Gasteiger partial charge in [0.1, 0.15) is 6.26 Å². The van der Waals surface area contributed by atoms with Gasteiger partial charge in [-0.15, -0.1) is 5.26 Å². The summed E-state index contributed by atoms with van der Waals surface area (Å²) in [6.45, 7) is 1.97. The third kappa shape index (κ3) is 5.03. The van der Waals surface area contributed by atoms with E-state index in [1.165, 1.54) is 12.5 Å². The van der Waals surface area contributed by atoms with Crippen LogP contribution >= 0.6 is 0 Å². The molecule has 0 fully saturated rings. The second-order valence-electron chi connectivity index (χ2n) is 0.989. The van der Waals surface area contributed by atoms with Crippen LogP contribution in [-0.4, -0.2) is 0 Å². The zero-order chi connectivity index (χ0) is 5.54. The summed E-state index contributed by atoms with van der Waals surface area (Å²) in [6, 6.07) is 0. The number of ether oxygens (including phenoxy) is 1. The van der Waals surface area contributed by atoms with Crippen LogP contribution in [0.3, 0.4) is 0 Å². The summed E-state index contributed by atoms with van der Waals surface area (Å²) in [5.74, 6) is 0. The highest BCUT2D eigenvalue weighted by molar-refractivity contribution is 4.73. The van der Waals surface area contributed by atoms with E-state index in [-0.39, 0.29) is 0 Å². The Morgan fingerprint density at radius 1 is 1.86 bits per heavy atom. The Balaban J connectivity index is 2.97. The summed E-state index contributed by atoms with van der Waals surface area (Å²) in [7, 11) is 0. The van der Waals surface area contributed by atoms with E-state index >= 15 is 0 Å². The molecule has 0 saturated heterocycles. The summed E-state index contributed by atoms with van der Waals surface area (Å²) >= 11 is 0. The van der Waals surface area contributed by atoms with Gasteiger partial charge in [-0.1, -0.05) is 6.92 Å². The fourth-order valence-electron chi connectivity index (χ4n) is 0.175. The van der Waals surface area contributed by atoms with Gasteiger partial charge in [0.15, 0.2) is 0 Å². The van der Waals surface area contributed by atoms with Crippen molar-refractivity contribution in [1.29, 1.82) is 5.26 Å². The summed E-state index contributed by atoms with van der Waals surface area (Å²) in [4.78, 5) is 0. The van der Waals surface area contributed by atoms with Gasteiger partial charge in [0, 0.05) is 0 Å². The molecule has 0 rings (SSSR count). The first-order valence-electron chi connectivity index (χ1n) is 2.11. The zero-order valence-electron chi connectivity index (χ0n) is 4.22. The molecule has 0 aliphatic rings. The molecule has 38 valence electrons. The monoisotopic (exact) mass is 97.1 g/mol. The predicted octanol–water partition coefficient (Wildman–Crippen LogP) is 1.41. The molecule has 0 N–H and O–H groups in total. The van der Waals surface area contributed by atoms with Crippen molar-refractivity contribution in [1.82, 2.24) is 0 Å². The van der Waals surface area contributed by atoms with E-state index in [9.17, 15) is 0 Å². The number of nitrogens with zero attached hydrogens (tertiary/aromatic N) is 1. The summed E-state index contributed by atoms with van der Waals surface area (Å²) in [5, 5.41) is 7.77. The van der Waals surface area contributed by atoms with Crippen LogP contribution < -0.4 is 0 Å². The van der Waals surface area contributed by atoms with Gasteiger partial charge in [-0.05, 0) is 12.5 Å². The van der Waals surface area contributed by atoms with Crippen molar-refractivity contribution in [3.8, 4) is 6.26 Å². The number of hydrogen-bond acceptors (Lipinski definition) is 2. The van der Waals surface area contributed by atoms with E-state index in [1.807, 2.05) is 6.92 Å². The Morgan fingerprint density at radius 3 is 3.00 bits per heavy atom. The first-order chi connectivity index (χ1) is 3.41. The van der Waals surface area contributed by atoms with Gasteiger partial charge in [0.25, 0.3) is 6.26 Å². The molecule has 0 heterocycles. The Bertz CT molecular complexity index is 90.7. The molecule has 0 aromatic heterocycles. The van der Waals surface area contributed by atoms with Crippen LogP contribution in [0, 0.1) is 11.5 Å². The fraction of sp³-hybridized carbons (Fsp3) is 0.400. The lowest BCUT2D eigenvalue weighted by Crippen LogP contribution is -1.61. The number of hydrogen-bond donors (Lipinski definition) is 0. The van der Waals surface area contributed by atoms with Crippen molar-refractivity contribution in [2.24, 2.45) is 0 Å². The van der Waals surface area contributed by atoms with Crippen LogP contribution in [0.15, 0.2) is 12.3 Å². The number of allylic oxidation sites excluding steroid dienone is 1. The van der Waals surface area contributed by atoms with Crippen molar-refractivity contribution >= 4 is 0 Å². The molecule has 0 aliphatic carbocycles. The molecular weight excluding hydrogens is 90.1 g/mol. The molecule has 0 spiro atoms. The van der Waals surface area contributed by atoms with Gasteiger partial charge < -0.3 is 4.74 Å². The standard InChI is InChI=1S/C5H7NO/c1-2-3-4-7-5-6/h3-4H,2H2,1H3. The maximum absolute atomic E-state index is 7.77. The normalized spacial score (nSPS) is 8.57. The van der Waals surface area contributed by atoms with Crippen LogP contribution in [-0.2, 0) is 4.74 Å². The van der Waals surface area contributed by atoms with Crippen molar-refractivity contribution in [2.75, 3.05) is 0 Å². The zero-order valence-corrected chi connectivity index (χ0v) is 4.22. The third-order valence-electron chi connectivity index (χ3n) is 0.453. The highest BCUT2D eigenvalue weighted by Gasteiger charge is 1.63. The minimum atomic E-state index is 0.904. The van der Waals surface area contributed by atoms with Crippen LogP contribution in [0.1, 0.15) is 13.3 Å². The minimum Gasteiger partial charge on any atom is -0.396 e. The predicted molar refractivity (Wildman–Crippen MR) is 26.1 cm³/mol. The largest absolute Gasteiger partial charge is 0.396 e. The Kier molecular flexibility index (Phi) is 4.33. The molecule has 0 bridgehead atoms. The maximum atomic E-state index is 7.77. The smallest absolute Gasteiger partial charge is 0.291 e. The second-order valence-corrected chi connectivity index (χ2v) is 0.989. The van der Waals surface area contributed by atoms with Gasteiger partial charge in [-0.25, -0.2) is 0 Å². The van der Waals surface area contributed by atoms with E-state index in [4.69, 9.17) is 5.26 Å². The van der Waals surface area contributed by atoms with E-state index < -0.39 is 0 Å². The van der Waals surface area contributed by atoms with E-state index in [2.05, 4.69) is 4.74 Å². The molecule has 0 atom stereocenters. The van der Waals surface area contributed by atoms with Crippen molar-refractivity contribution < 1.29 is 4.74 Å². The number of nitriles is 1. The van der Waals surface area contributed by atoms with Crippen LogP contribution in [0.2, 0.25) is 0 Å². The molecule has 2 nitrogen and oxygen atoms in total. The van der Waals surface area contributed by atoms with E-state index in [0.717, 1.165) is 6.42 Å². The molecular formula is C5H7NO.